The molecule has 2 aliphatic heterocycles. The van der Waals surface area contributed by atoms with E-state index in [2.05, 4.69) is 16.0 Å². The summed E-state index contributed by atoms with van der Waals surface area (Å²) in [5, 5.41) is 7.88. The summed E-state index contributed by atoms with van der Waals surface area (Å²) in [4.78, 5) is 24.9. The van der Waals surface area contributed by atoms with Crippen LogP contribution in [0.1, 0.15) is 6.42 Å². The number of anilines is 1. The zero-order valence-electron chi connectivity index (χ0n) is 12.4. The van der Waals surface area contributed by atoms with Gasteiger partial charge >= 0.3 is 6.03 Å². The lowest BCUT2D eigenvalue weighted by molar-refractivity contribution is -0.122. The standard InChI is InChI=1S/C15H18F2N4O2/c16-11-2-1-10(5-12(11)17)21-4-3-9(8-21)6-18-14(22)13-7-19-15(23)20-13/h1-2,5,9,13H,3-4,6-8H2,(H,18,22)(H2,19,20,23)/t9-,13+/m1/s1. The first-order valence-electron chi connectivity index (χ1n) is 7.55. The first kappa shape index (κ1) is 15.5. The lowest BCUT2D eigenvalue weighted by Gasteiger charge is -2.19. The Hall–Kier alpha value is -2.38. The van der Waals surface area contributed by atoms with Crippen molar-refractivity contribution < 1.29 is 18.4 Å². The Morgan fingerprint density at radius 2 is 2.17 bits per heavy atom. The number of amides is 3. The molecule has 2 saturated heterocycles. The highest BCUT2D eigenvalue weighted by atomic mass is 19.2. The minimum atomic E-state index is -0.858. The highest BCUT2D eigenvalue weighted by molar-refractivity contribution is 5.90. The molecule has 1 aromatic carbocycles. The minimum absolute atomic E-state index is 0.213. The third kappa shape index (κ3) is 3.52. The molecule has 0 bridgehead atoms. The number of benzene rings is 1. The van der Waals surface area contributed by atoms with Crippen LogP contribution in [0.4, 0.5) is 19.3 Å². The Morgan fingerprint density at radius 1 is 1.35 bits per heavy atom. The van der Waals surface area contributed by atoms with Crippen molar-refractivity contribution in [2.45, 2.75) is 12.5 Å². The monoisotopic (exact) mass is 324 g/mol. The molecule has 124 valence electrons. The number of hydrogen-bond acceptors (Lipinski definition) is 3. The molecular weight excluding hydrogens is 306 g/mol. The van der Waals surface area contributed by atoms with Gasteiger partial charge in [0.2, 0.25) is 5.91 Å². The second-order valence-electron chi connectivity index (χ2n) is 5.85. The van der Waals surface area contributed by atoms with Crippen LogP contribution in [0.5, 0.6) is 0 Å². The van der Waals surface area contributed by atoms with E-state index in [1.807, 2.05) is 4.90 Å². The van der Waals surface area contributed by atoms with E-state index in [0.29, 0.717) is 18.8 Å². The molecule has 23 heavy (non-hydrogen) atoms. The molecule has 3 rings (SSSR count). The van der Waals surface area contributed by atoms with Crippen LogP contribution < -0.4 is 20.9 Å². The van der Waals surface area contributed by atoms with Crippen molar-refractivity contribution in [3.63, 3.8) is 0 Å². The maximum Gasteiger partial charge on any atom is 0.315 e. The fourth-order valence-electron chi connectivity index (χ4n) is 2.90. The Morgan fingerprint density at radius 3 is 2.87 bits per heavy atom. The van der Waals surface area contributed by atoms with Crippen LogP contribution in [0.25, 0.3) is 0 Å². The van der Waals surface area contributed by atoms with Crippen molar-refractivity contribution in [1.82, 2.24) is 16.0 Å². The summed E-state index contributed by atoms with van der Waals surface area (Å²) in [7, 11) is 0. The predicted molar refractivity (Wildman–Crippen MR) is 80.0 cm³/mol. The van der Waals surface area contributed by atoms with E-state index >= 15 is 0 Å². The van der Waals surface area contributed by atoms with Crippen LogP contribution in [-0.2, 0) is 4.79 Å². The lowest BCUT2D eigenvalue weighted by Crippen LogP contribution is -2.44. The molecule has 3 N–H and O–H groups in total. The zero-order valence-corrected chi connectivity index (χ0v) is 12.4. The fourth-order valence-corrected chi connectivity index (χ4v) is 2.90. The SMILES string of the molecule is O=C1NC[C@@H](C(=O)NC[C@H]2CCN(c3ccc(F)c(F)c3)C2)N1. The van der Waals surface area contributed by atoms with Crippen molar-refractivity contribution in [3.05, 3.63) is 29.8 Å². The number of nitrogens with one attached hydrogen (secondary N) is 3. The number of hydrogen-bond donors (Lipinski definition) is 3. The van der Waals surface area contributed by atoms with Gasteiger partial charge in [-0.1, -0.05) is 0 Å². The number of rotatable bonds is 4. The number of urea groups is 1. The van der Waals surface area contributed by atoms with E-state index in [1.54, 1.807) is 6.07 Å². The minimum Gasteiger partial charge on any atom is -0.371 e. The van der Waals surface area contributed by atoms with Crippen LogP contribution >= 0.6 is 0 Å². The molecule has 0 saturated carbocycles. The zero-order chi connectivity index (χ0) is 16.4. The van der Waals surface area contributed by atoms with Gasteiger partial charge in [-0.3, -0.25) is 4.79 Å². The molecular formula is C15H18F2N4O2. The molecule has 0 aromatic heterocycles. The first-order valence-corrected chi connectivity index (χ1v) is 7.55. The molecule has 8 heteroatoms. The molecule has 0 unspecified atom stereocenters. The van der Waals surface area contributed by atoms with Gasteiger partial charge in [0.15, 0.2) is 11.6 Å². The summed E-state index contributed by atoms with van der Waals surface area (Å²) in [6.45, 7) is 2.18. The molecule has 2 atom stereocenters. The van der Waals surface area contributed by atoms with Crippen LogP contribution in [-0.4, -0.2) is 44.2 Å². The summed E-state index contributed by atoms with van der Waals surface area (Å²) in [5.74, 6) is -1.69. The molecule has 2 heterocycles. The van der Waals surface area contributed by atoms with Gasteiger partial charge in [0.1, 0.15) is 6.04 Å². The normalized spacial score (nSPS) is 23.6. The lowest BCUT2D eigenvalue weighted by atomic mass is 10.1. The van der Waals surface area contributed by atoms with Gasteiger partial charge in [-0.2, -0.15) is 0 Å². The first-order chi connectivity index (χ1) is 11.0. The average Bonchev–Trinajstić information content (AvgIpc) is 3.17. The Balaban J connectivity index is 1.49. The summed E-state index contributed by atoms with van der Waals surface area (Å²) in [6, 6.07) is 2.99. The van der Waals surface area contributed by atoms with Crippen LogP contribution in [0.15, 0.2) is 18.2 Å². The molecule has 0 spiro atoms. The van der Waals surface area contributed by atoms with E-state index in [9.17, 15) is 18.4 Å². The highest BCUT2D eigenvalue weighted by Gasteiger charge is 2.28. The third-order valence-electron chi connectivity index (χ3n) is 4.21. The average molecular weight is 324 g/mol. The van der Waals surface area contributed by atoms with Crippen LogP contribution in [0, 0.1) is 17.6 Å². The Labute approximate surface area is 132 Å². The molecule has 1 aromatic rings. The van der Waals surface area contributed by atoms with Gasteiger partial charge in [-0.15, -0.1) is 0 Å². The molecule has 6 nitrogen and oxygen atoms in total. The fraction of sp³-hybridized carbons (Fsp3) is 0.467. The topological polar surface area (TPSA) is 73.5 Å². The number of halogens is 2. The van der Waals surface area contributed by atoms with Gasteiger partial charge in [0, 0.05) is 37.9 Å². The Bertz CT molecular complexity index is 625. The quantitative estimate of drug-likeness (QED) is 0.759. The summed E-state index contributed by atoms with van der Waals surface area (Å²) in [5.41, 5.74) is 0.644. The van der Waals surface area contributed by atoms with Crippen LogP contribution in [0.2, 0.25) is 0 Å². The number of nitrogens with zero attached hydrogens (tertiary/aromatic N) is 1. The van der Waals surface area contributed by atoms with E-state index < -0.39 is 17.7 Å². The summed E-state index contributed by atoms with van der Waals surface area (Å²) >= 11 is 0. The van der Waals surface area contributed by atoms with Gasteiger partial charge in [0.05, 0.1) is 0 Å². The van der Waals surface area contributed by atoms with Crippen molar-refractivity contribution in [2.24, 2.45) is 5.92 Å². The summed E-state index contributed by atoms with van der Waals surface area (Å²) in [6.07, 6.45) is 0.856. The number of carbonyl (C=O) groups is 2. The van der Waals surface area contributed by atoms with Crippen molar-refractivity contribution >= 4 is 17.6 Å². The van der Waals surface area contributed by atoms with Crippen molar-refractivity contribution in [2.75, 3.05) is 31.1 Å². The van der Waals surface area contributed by atoms with Gasteiger partial charge in [-0.05, 0) is 24.5 Å². The third-order valence-corrected chi connectivity index (χ3v) is 4.21. The van der Waals surface area contributed by atoms with Crippen molar-refractivity contribution in [1.29, 1.82) is 0 Å². The number of carbonyl (C=O) groups excluding carboxylic acids is 2. The maximum atomic E-state index is 13.3. The highest BCUT2D eigenvalue weighted by Crippen LogP contribution is 2.24. The molecule has 3 amide bonds. The van der Waals surface area contributed by atoms with E-state index in [-0.39, 0.29) is 24.4 Å². The summed E-state index contributed by atoms with van der Waals surface area (Å²) < 4.78 is 26.3. The van der Waals surface area contributed by atoms with Gasteiger partial charge in [0.25, 0.3) is 0 Å². The molecule has 0 aliphatic carbocycles. The Kier molecular flexibility index (Phi) is 4.31. The molecule has 2 aliphatic rings. The van der Waals surface area contributed by atoms with Gasteiger partial charge < -0.3 is 20.9 Å². The van der Waals surface area contributed by atoms with E-state index in [4.69, 9.17) is 0 Å². The molecule has 2 fully saturated rings. The largest absolute Gasteiger partial charge is 0.371 e. The van der Waals surface area contributed by atoms with E-state index in [0.717, 1.165) is 19.0 Å². The van der Waals surface area contributed by atoms with E-state index in [1.165, 1.54) is 6.07 Å². The van der Waals surface area contributed by atoms with Crippen LogP contribution in [0.3, 0.4) is 0 Å². The van der Waals surface area contributed by atoms with Crippen molar-refractivity contribution in [3.8, 4) is 0 Å². The maximum absolute atomic E-state index is 13.3. The smallest absolute Gasteiger partial charge is 0.315 e. The predicted octanol–water partition coefficient (Wildman–Crippen LogP) is 0.589. The van der Waals surface area contributed by atoms with Gasteiger partial charge in [-0.25, -0.2) is 13.6 Å². The molecule has 0 radical (unpaired) electrons. The second-order valence-corrected chi connectivity index (χ2v) is 5.85. The second kappa shape index (κ2) is 6.39.